The first-order valence-electron chi connectivity index (χ1n) is 5.89. The minimum atomic E-state index is 0.491. The molecule has 1 N–H and O–H groups in total. The normalized spacial score (nSPS) is 10.4. The number of hydrogen-bond donors (Lipinski definition) is 1. The summed E-state index contributed by atoms with van der Waals surface area (Å²) in [6.07, 6.45) is 4.43. The predicted octanol–water partition coefficient (Wildman–Crippen LogP) is 2.82. The van der Waals surface area contributed by atoms with Crippen LogP contribution in [0, 0.1) is 6.92 Å². The summed E-state index contributed by atoms with van der Waals surface area (Å²) >= 11 is 7.54. The molecule has 0 saturated carbocycles. The summed E-state index contributed by atoms with van der Waals surface area (Å²) in [6, 6.07) is 3.58. The van der Waals surface area contributed by atoms with Crippen LogP contribution in [0.3, 0.4) is 0 Å². The summed E-state index contributed by atoms with van der Waals surface area (Å²) in [5.41, 5.74) is 0. The van der Waals surface area contributed by atoms with Crippen LogP contribution in [0.25, 0.3) is 0 Å². The second kappa shape index (κ2) is 7.25. The highest BCUT2D eigenvalue weighted by Crippen LogP contribution is 2.19. The van der Waals surface area contributed by atoms with Crippen molar-refractivity contribution in [1.82, 2.24) is 19.9 Å². The van der Waals surface area contributed by atoms with E-state index in [4.69, 9.17) is 11.6 Å². The van der Waals surface area contributed by atoms with Crippen molar-refractivity contribution < 1.29 is 0 Å². The van der Waals surface area contributed by atoms with Gasteiger partial charge in [-0.25, -0.2) is 19.9 Å². The van der Waals surface area contributed by atoms with Crippen LogP contribution >= 0.6 is 23.4 Å². The van der Waals surface area contributed by atoms with E-state index < -0.39 is 0 Å². The number of nitrogens with one attached hydrogen (secondary N) is 1. The van der Waals surface area contributed by atoms with Gasteiger partial charge in [-0.15, -0.1) is 11.8 Å². The van der Waals surface area contributed by atoms with E-state index in [0.29, 0.717) is 16.9 Å². The van der Waals surface area contributed by atoms with Crippen molar-refractivity contribution in [3.05, 3.63) is 35.5 Å². The van der Waals surface area contributed by atoms with Gasteiger partial charge in [0.15, 0.2) is 0 Å². The minimum absolute atomic E-state index is 0.491. The SMILES string of the molecule is Cc1nc(Cl)cc(SCCCNc2ncccn2)n1. The molecule has 0 amide bonds. The van der Waals surface area contributed by atoms with Crippen molar-refractivity contribution in [2.45, 2.75) is 18.4 Å². The number of thioether (sulfide) groups is 1. The van der Waals surface area contributed by atoms with E-state index in [1.54, 1.807) is 36.3 Å². The van der Waals surface area contributed by atoms with Crippen molar-refractivity contribution in [3.63, 3.8) is 0 Å². The van der Waals surface area contributed by atoms with E-state index in [2.05, 4.69) is 25.3 Å². The minimum Gasteiger partial charge on any atom is -0.354 e. The second-order valence-electron chi connectivity index (χ2n) is 3.78. The highest BCUT2D eigenvalue weighted by atomic mass is 35.5. The van der Waals surface area contributed by atoms with Crippen molar-refractivity contribution in [2.75, 3.05) is 17.6 Å². The van der Waals surface area contributed by atoms with Crippen LogP contribution in [-0.4, -0.2) is 32.2 Å². The van der Waals surface area contributed by atoms with E-state index in [1.165, 1.54) is 0 Å². The van der Waals surface area contributed by atoms with Crippen LogP contribution in [0.2, 0.25) is 5.15 Å². The predicted molar refractivity (Wildman–Crippen MR) is 77.6 cm³/mol. The molecule has 100 valence electrons. The summed E-state index contributed by atoms with van der Waals surface area (Å²) in [5, 5.41) is 4.56. The van der Waals surface area contributed by atoms with Crippen molar-refractivity contribution in [2.24, 2.45) is 0 Å². The van der Waals surface area contributed by atoms with Gasteiger partial charge >= 0.3 is 0 Å². The van der Waals surface area contributed by atoms with Gasteiger partial charge in [-0.05, 0) is 19.4 Å². The molecule has 7 heteroatoms. The van der Waals surface area contributed by atoms with Crippen LogP contribution in [-0.2, 0) is 0 Å². The van der Waals surface area contributed by atoms with E-state index in [-0.39, 0.29) is 0 Å². The van der Waals surface area contributed by atoms with Gasteiger partial charge in [-0.3, -0.25) is 0 Å². The van der Waals surface area contributed by atoms with Gasteiger partial charge in [-0.1, -0.05) is 11.6 Å². The Hall–Kier alpha value is -1.40. The molecule has 0 fully saturated rings. The molecular weight excluding hydrogens is 282 g/mol. The Balaban J connectivity index is 1.69. The first-order chi connectivity index (χ1) is 9.24. The quantitative estimate of drug-likeness (QED) is 0.502. The fourth-order valence-electron chi connectivity index (χ4n) is 1.42. The fraction of sp³-hybridized carbons (Fsp3) is 0.333. The van der Waals surface area contributed by atoms with Gasteiger partial charge < -0.3 is 5.32 Å². The lowest BCUT2D eigenvalue weighted by Crippen LogP contribution is -2.05. The number of nitrogens with zero attached hydrogens (tertiary/aromatic N) is 4. The maximum absolute atomic E-state index is 5.88. The molecule has 0 unspecified atom stereocenters. The van der Waals surface area contributed by atoms with Crippen LogP contribution in [0.1, 0.15) is 12.2 Å². The molecule has 0 atom stereocenters. The maximum atomic E-state index is 5.88. The summed E-state index contributed by atoms with van der Waals surface area (Å²) in [4.78, 5) is 16.5. The largest absolute Gasteiger partial charge is 0.354 e. The molecule has 0 aliphatic rings. The lowest BCUT2D eigenvalue weighted by atomic mass is 10.5. The first-order valence-corrected chi connectivity index (χ1v) is 7.25. The second-order valence-corrected chi connectivity index (χ2v) is 5.28. The smallest absolute Gasteiger partial charge is 0.222 e. The van der Waals surface area contributed by atoms with Crippen LogP contribution in [0.5, 0.6) is 0 Å². The summed E-state index contributed by atoms with van der Waals surface area (Å²) in [6.45, 7) is 2.67. The van der Waals surface area contributed by atoms with Gasteiger partial charge in [0.25, 0.3) is 0 Å². The molecule has 5 nitrogen and oxygen atoms in total. The number of halogens is 1. The third-order valence-corrected chi connectivity index (χ3v) is 3.39. The van der Waals surface area contributed by atoms with Gasteiger partial charge in [0, 0.05) is 30.8 Å². The monoisotopic (exact) mass is 295 g/mol. The Kier molecular flexibility index (Phi) is 5.35. The highest BCUT2D eigenvalue weighted by molar-refractivity contribution is 7.99. The topological polar surface area (TPSA) is 63.6 Å². The Morgan fingerprint density at radius 1 is 1.26 bits per heavy atom. The van der Waals surface area contributed by atoms with Crippen molar-refractivity contribution in [3.8, 4) is 0 Å². The molecule has 19 heavy (non-hydrogen) atoms. The zero-order valence-corrected chi connectivity index (χ0v) is 12.1. The van der Waals surface area contributed by atoms with Crippen LogP contribution in [0.15, 0.2) is 29.6 Å². The molecule has 0 aliphatic heterocycles. The van der Waals surface area contributed by atoms with Crippen LogP contribution < -0.4 is 5.32 Å². The molecular formula is C12H14ClN5S. The molecule has 0 radical (unpaired) electrons. The standard InChI is InChI=1S/C12H14ClN5S/c1-9-17-10(13)8-11(18-9)19-7-3-6-16-12-14-4-2-5-15-12/h2,4-5,8H,3,6-7H2,1H3,(H,14,15,16). The van der Waals surface area contributed by atoms with Gasteiger partial charge in [-0.2, -0.15) is 0 Å². The number of rotatable bonds is 6. The van der Waals surface area contributed by atoms with E-state index in [9.17, 15) is 0 Å². The Bertz CT molecular complexity index is 503. The number of hydrogen-bond acceptors (Lipinski definition) is 6. The Morgan fingerprint density at radius 3 is 2.79 bits per heavy atom. The zero-order valence-electron chi connectivity index (χ0n) is 10.5. The van der Waals surface area contributed by atoms with Crippen LogP contribution in [0.4, 0.5) is 5.95 Å². The van der Waals surface area contributed by atoms with Gasteiger partial charge in [0.2, 0.25) is 5.95 Å². The lowest BCUT2D eigenvalue weighted by Gasteiger charge is -2.04. The molecule has 2 heterocycles. The van der Waals surface area contributed by atoms with Crippen molar-refractivity contribution >= 4 is 29.3 Å². The van der Waals surface area contributed by atoms with Crippen molar-refractivity contribution in [1.29, 1.82) is 0 Å². The number of aromatic nitrogens is 4. The molecule has 2 aromatic rings. The number of anilines is 1. The van der Waals surface area contributed by atoms with Gasteiger partial charge in [0.05, 0.1) is 0 Å². The zero-order chi connectivity index (χ0) is 13.5. The molecule has 2 rings (SSSR count). The third-order valence-electron chi connectivity index (χ3n) is 2.20. The summed E-state index contributed by atoms with van der Waals surface area (Å²) < 4.78 is 0. The Labute approximate surface area is 121 Å². The van der Waals surface area contributed by atoms with E-state index in [0.717, 1.165) is 23.7 Å². The fourth-order valence-corrected chi connectivity index (χ4v) is 2.60. The van der Waals surface area contributed by atoms with Gasteiger partial charge in [0.1, 0.15) is 16.0 Å². The average Bonchev–Trinajstić information content (AvgIpc) is 2.38. The maximum Gasteiger partial charge on any atom is 0.222 e. The van der Waals surface area contributed by atoms with E-state index >= 15 is 0 Å². The molecule has 0 bridgehead atoms. The Morgan fingerprint density at radius 2 is 2.05 bits per heavy atom. The third kappa shape index (κ3) is 5.00. The number of aryl methyl sites for hydroxylation is 1. The molecule has 2 aromatic heterocycles. The highest BCUT2D eigenvalue weighted by Gasteiger charge is 2.01. The molecule has 0 aromatic carbocycles. The summed E-state index contributed by atoms with van der Waals surface area (Å²) in [5.74, 6) is 2.31. The summed E-state index contributed by atoms with van der Waals surface area (Å²) in [7, 11) is 0. The lowest BCUT2D eigenvalue weighted by molar-refractivity contribution is 0.945. The molecule has 0 spiro atoms. The first kappa shape index (κ1) is 14.0. The molecule has 0 aliphatic carbocycles. The average molecular weight is 296 g/mol. The molecule has 0 saturated heterocycles. The van der Waals surface area contributed by atoms with E-state index in [1.807, 2.05) is 6.92 Å².